The Morgan fingerprint density at radius 3 is 2.70 bits per heavy atom. The summed E-state index contributed by atoms with van der Waals surface area (Å²) in [5.74, 6) is 1.13. The molecule has 0 aromatic carbocycles. The smallest absolute Gasteiger partial charge is 0.108 e. The van der Waals surface area contributed by atoms with Crippen LogP contribution in [0.3, 0.4) is 0 Å². The second-order valence-electron chi connectivity index (χ2n) is 5.34. The molecule has 20 heavy (non-hydrogen) atoms. The second kappa shape index (κ2) is 6.70. The highest BCUT2D eigenvalue weighted by atomic mass is 15.3. The largest absolute Gasteiger partial charge is 0.338 e. The van der Waals surface area contributed by atoms with E-state index in [4.69, 9.17) is 0 Å². The summed E-state index contributed by atoms with van der Waals surface area (Å²) in [6.45, 7) is 5.30. The van der Waals surface area contributed by atoms with Gasteiger partial charge in [0.1, 0.15) is 5.82 Å². The molecule has 1 atom stereocenters. The van der Waals surface area contributed by atoms with E-state index in [1.54, 1.807) is 0 Å². The van der Waals surface area contributed by atoms with Crippen LogP contribution in [0, 0.1) is 6.92 Å². The predicted octanol–water partition coefficient (Wildman–Crippen LogP) is 2.14. The highest BCUT2D eigenvalue weighted by molar-refractivity contribution is 5.20. The Balaban J connectivity index is 2.07. The minimum atomic E-state index is 0.348. The Morgan fingerprint density at radius 2 is 2.15 bits per heavy atom. The summed E-state index contributed by atoms with van der Waals surface area (Å²) in [7, 11) is 4.03. The monoisotopic (exact) mass is 275 g/mol. The Morgan fingerprint density at radius 1 is 1.35 bits per heavy atom. The van der Waals surface area contributed by atoms with Gasteiger partial charge >= 0.3 is 0 Å². The molecule has 2 rings (SSSR count). The first kappa shape index (κ1) is 14.8. The molecule has 0 aliphatic heterocycles. The molecule has 1 N–H and O–H groups in total. The van der Waals surface area contributed by atoms with Gasteiger partial charge in [-0.1, -0.05) is 6.92 Å². The molecular weight excluding hydrogens is 250 g/mol. The molecule has 0 radical (unpaired) electrons. The first-order valence-corrected chi connectivity index (χ1v) is 7.31. The fourth-order valence-corrected chi connectivity index (χ4v) is 2.56. The number of aromatic nitrogens is 4. The molecule has 0 saturated carbocycles. The first-order valence-electron chi connectivity index (χ1n) is 7.31. The Kier molecular flexibility index (Phi) is 4.95. The third-order valence-electron chi connectivity index (χ3n) is 3.65. The van der Waals surface area contributed by atoms with E-state index in [2.05, 4.69) is 40.0 Å². The van der Waals surface area contributed by atoms with Crippen LogP contribution in [0.5, 0.6) is 0 Å². The maximum absolute atomic E-state index is 4.46. The van der Waals surface area contributed by atoms with Crippen LogP contribution in [0.25, 0.3) is 0 Å². The van der Waals surface area contributed by atoms with Gasteiger partial charge in [0.15, 0.2) is 0 Å². The average molecular weight is 275 g/mol. The molecule has 0 aliphatic carbocycles. The molecule has 0 fully saturated rings. The highest BCUT2D eigenvalue weighted by Crippen LogP contribution is 2.21. The molecule has 0 spiro atoms. The average Bonchev–Trinajstić information content (AvgIpc) is 2.96. The normalized spacial score (nSPS) is 12.8. The zero-order valence-corrected chi connectivity index (χ0v) is 12.9. The van der Waals surface area contributed by atoms with Gasteiger partial charge in [0, 0.05) is 50.7 Å². The van der Waals surface area contributed by atoms with Crippen molar-refractivity contribution in [2.75, 3.05) is 6.54 Å². The number of imidazole rings is 1. The number of hydrogen-bond donors (Lipinski definition) is 1. The van der Waals surface area contributed by atoms with Crippen molar-refractivity contribution >= 4 is 0 Å². The van der Waals surface area contributed by atoms with Crippen molar-refractivity contribution in [2.24, 2.45) is 14.1 Å². The van der Waals surface area contributed by atoms with E-state index >= 15 is 0 Å². The summed E-state index contributed by atoms with van der Waals surface area (Å²) in [4.78, 5) is 4.40. The third kappa shape index (κ3) is 3.48. The van der Waals surface area contributed by atoms with Gasteiger partial charge in [0.25, 0.3) is 0 Å². The van der Waals surface area contributed by atoms with Gasteiger partial charge in [-0.2, -0.15) is 5.10 Å². The fraction of sp³-hybridized carbons (Fsp3) is 0.600. The van der Waals surface area contributed by atoms with E-state index in [-0.39, 0.29) is 0 Å². The highest BCUT2D eigenvalue weighted by Gasteiger charge is 2.16. The van der Waals surface area contributed by atoms with E-state index in [1.807, 2.05) is 31.2 Å². The summed E-state index contributed by atoms with van der Waals surface area (Å²) in [5, 5.41) is 8.09. The van der Waals surface area contributed by atoms with Crippen molar-refractivity contribution in [1.82, 2.24) is 24.6 Å². The molecule has 0 bridgehead atoms. The molecule has 5 heteroatoms. The van der Waals surface area contributed by atoms with E-state index < -0.39 is 0 Å². The van der Waals surface area contributed by atoms with Crippen molar-refractivity contribution in [3.05, 3.63) is 35.7 Å². The Labute approximate surface area is 121 Å². The topological polar surface area (TPSA) is 47.7 Å². The lowest BCUT2D eigenvalue weighted by Crippen LogP contribution is -2.23. The lowest BCUT2D eigenvalue weighted by atomic mass is 10.0. The van der Waals surface area contributed by atoms with Crippen molar-refractivity contribution < 1.29 is 0 Å². The minimum absolute atomic E-state index is 0.348. The Bertz CT molecular complexity index is 540. The fourth-order valence-electron chi connectivity index (χ4n) is 2.56. The summed E-state index contributed by atoms with van der Waals surface area (Å²) in [5.41, 5.74) is 2.41. The quantitative estimate of drug-likeness (QED) is 0.842. The SMILES string of the molecule is CCCNC(CCc1nccn1C)c1cn(C)nc1C. The maximum atomic E-state index is 4.46. The van der Waals surface area contributed by atoms with Crippen LogP contribution in [-0.4, -0.2) is 25.9 Å². The van der Waals surface area contributed by atoms with Gasteiger partial charge in [-0.15, -0.1) is 0 Å². The molecule has 0 saturated heterocycles. The molecule has 1 unspecified atom stereocenters. The van der Waals surface area contributed by atoms with Crippen molar-refractivity contribution in [1.29, 1.82) is 0 Å². The molecule has 0 amide bonds. The van der Waals surface area contributed by atoms with Crippen LogP contribution in [0.4, 0.5) is 0 Å². The number of aryl methyl sites for hydroxylation is 4. The number of hydrogen-bond acceptors (Lipinski definition) is 3. The minimum Gasteiger partial charge on any atom is -0.338 e. The summed E-state index contributed by atoms with van der Waals surface area (Å²) in [6, 6.07) is 0.348. The Hall–Kier alpha value is -1.62. The van der Waals surface area contributed by atoms with Gasteiger partial charge in [-0.05, 0) is 26.3 Å². The molecule has 5 nitrogen and oxygen atoms in total. The second-order valence-corrected chi connectivity index (χ2v) is 5.34. The first-order chi connectivity index (χ1) is 9.61. The van der Waals surface area contributed by atoms with E-state index in [1.165, 1.54) is 5.56 Å². The third-order valence-corrected chi connectivity index (χ3v) is 3.65. The number of nitrogens with zero attached hydrogens (tertiary/aromatic N) is 4. The van der Waals surface area contributed by atoms with Gasteiger partial charge in [-0.3, -0.25) is 4.68 Å². The zero-order chi connectivity index (χ0) is 14.5. The van der Waals surface area contributed by atoms with Crippen LogP contribution in [0.15, 0.2) is 18.6 Å². The van der Waals surface area contributed by atoms with Gasteiger partial charge in [0.2, 0.25) is 0 Å². The summed E-state index contributed by atoms with van der Waals surface area (Å²) < 4.78 is 3.99. The van der Waals surface area contributed by atoms with Crippen molar-refractivity contribution in [2.45, 2.75) is 39.2 Å². The molecule has 110 valence electrons. The van der Waals surface area contributed by atoms with E-state index in [9.17, 15) is 0 Å². The lowest BCUT2D eigenvalue weighted by Gasteiger charge is -2.18. The molecule has 0 aliphatic rings. The summed E-state index contributed by atoms with van der Waals surface area (Å²) >= 11 is 0. The number of nitrogens with one attached hydrogen (secondary N) is 1. The van der Waals surface area contributed by atoms with E-state index in [0.29, 0.717) is 6.04 Å². The van der Waals surface area contributed by atoms with E-state index in [0.717, 1.165) is 37.3 Å². The zero-order valence-electron chi connectivity index (χ0n) is 12.9. The molecule has 2 aromatic heterocycles. The van der Waals surface area contributed by atoms with Crippen molar-refractivity contribution in [3.8, 4) is 0 Å². The van der Waals surface area contributed by atoms with Crippen LogP contribution < -0.4 is 5.32 Å². The maximum Gasteiger partial charge on any atom is 0.108 e. The molecule has 2 aromatic rings. The summed E-state index contributed by atoms with van der Waals surface area (Å²) in [6.07, 6.45) is 9.13. The standard InChI is InChI=1S/C15H25N5/c1-5-8-16-14(13-11-20(4)18-12(13)2)6-7-15-17-9-10-19(15)3/h9-11,14,16H,5-8H2,1-4H3. The van der Waals surface area contributed by atoms with Crippen LogP contribution in [-0.2, 0) is 20.5 Å². The number of rotatable bonds is 7. The van der Waals surface area contributed by atoms with Crippen LogP contribution >= 0.6 is 0 Å². The van der Waals surface area contributed by atoms with Gasteiger partial charge in [0.05, 0.1) is 5.69 Å². The predicted molar refractivity (Wildman–Crippen MR) is 80.5 cm³/mol. The van der Waals surface area contributed by atoms with Crippen molar-refractivity contribution in [3.63, 3.8) is 0 Å². The van der Waals surface area contributed by atoms with Crippen LogP contribution in [0.2, 0.25) is 0 Å². The molecular formula is C15H25N5. The van der Waals surface area contributed by atoms with Gasteiger partial charge < -0.3 is 9.88 Å². The van der Waals surface area contributed by atoms with Crippen LogP contribution in [0.1, 0.15) is 42.9 Å². The molecule has 2 heterocycles. The van der Waals surface area contributed by atoms with Gasteiger partial charge in [-0.25, -0.2) is 4.98 Å². The lowest BCUT2D eigenvalue weighted by molar-refractivity contribution is 0.489.